The van der Waals surface area contributed by atoms with Crippen molar-refractivity contribution < 1.29 is 32.0 Å². The number of rotatable bonds is 5. The van der Waals surface area contributed by atoms with Crippen molar-refractivity contribution in [2.75, 3.05) is 40.0 Å². The summed E-state index contributed by atoms with van der Waals surface area (Å²) in [6.45, 7) is 3.11. The lowest BCUT2D eigenvalue weighted by Crippen LogP contribution is -2.69. The van der Waals surface area contributed by atoms with Gasteiger partial charge >= 0.3 is 16.3 Å². The summed E-state index contributed by atoms with van der Waals surface area (Å²) in [6, 6.07) is 5.51. The lowest BCUT2D eigenvalue weighted by Gasteiger charge is -2.42. The predicted molar refractivity (Wildman–Crippen MR) is 109 cm³/mol. The van der Waals surface area contributed by atoms with Crippen LogP contribution in [-0.4, -0.2) is 97.1 Å². The van der Waals surface area contributed by atoms with Gasteiger partial charge in [-0.3, -0.25) is 14.2 Å². The van der Waals surface area contributed by atoms with Crippen molar-refractivity contribution in [1.29, 1.82) is 0 Å². The second-order valence-corrected chi connectivity index (χ2v) is 9.20. The Morgan fingerprint density at radius 3 is 2.71 bits per heavy atom. The van der Waals surface area contributed by atoms with Crippen molar-refractivity contribution in [3.8, 4) is 5.75 Å². The molecule has 31 heavy (non-hydrogen) atoms. The van der Waals surface area contributed by atoms with Gasteiger partial charge in [-0.25, -0.2) is 9.10 Å². The van der Waals surface area contributed by atoms with Gasteiger partial charge in [0.05, 0.1) is 32.4 Å². The normalized spacial score (nSPS) is 26.8. The molecule has 170 valence electrons. The van der Waals surface area contributed by atoms with Gasteiger partial charge < -0.3 is 19.7 Å². The first-order chi connectivity index (χ1) is 14.8. The molecule has 3 heterocycles. The zero-order chi connectivity index (χ0) is 22.2. The standard InChI is InChI=1S/C19H26N4O7S/c1-29-15-4-2-13(3-5-15)10-21-8-9-30-12-14(11-21)20-19(25)22-7-6-16-17(22)18(24)23(16)31(26,27)28/h2-5,14,16-17H,6-12H2,1H3,(H,20,25)(H,26,27,28)/t14-,16-,17+/m1/s1. The molecule has 0 radical (unpaired) electrons. The summed E-state index contributed by atoms with van der Waals surface area (Å²) in [7, 11) is -2.98. The summed E-state index contributed by atoms with van der Waals surface area (Å²) in [4.78, 5) is 28.5. The fourth-order valence-electron chi connectivity index (χ4n) is 4.40. The van der Waals surface area contributed by atoms with E-state index in [-0.39, 0.29) is 12.6 Å². The average Bonchev–Trinajstić information content (AvgIpc) is 2.95. The third-order valence-corrected chi connectivity index (χ3v) is 6.84. The highest BCUT2D eigenvalue weighted by Crippen LogP contribution is 2.35. The van der Waals surface area contributed by atoms with Gasteiger partial charge in [0.25, 0.3) is 5.91 Å². The largest absolute Gasteiger partial charge is 0.497 e. The SMILES string of the molecule is COc1ccc(CN2CCOC[C@H](NC(=O)N3CC[C@@H]4[C@H]3C(=O)N4S(=O)(=O)O)C2)cc1. The van der Waals surface area contributed by atoms with Gasteiger partial charge in [0.2, 0.25) is 0 Å². The second kappa shape index (κ2) is 8.61. The monoisotopic (exact) mass is 454 g/mol. The average molecular weight is 455 g/mol. The number of hydrogen-bond acceptors (Lipinski definition) is 7. The van der Waals surface area contributed by atoms with Crippen LogP contribution in [0.15, 0.2) is 24.3 Å². The van der Waals surface area contributed by atoms with Crippen LogP contribution in [0, 0.1) is 0 Å². The van der Waals surface area contributed by atoms with E-state index in [4.69, 9.17) is 9.47 Å². The molecule has 0 bridgehead atoms. The van der Waals surface area contributed by atoms with Crippen LogP contribution in [0.5, 0.6) is 5.75 Å². The number of methoxy groups -OCH3 is 1. The molecule has 3 saturated heterocycles. The molecule has 0 spiro atoms. The fourth-order valence-corrected chi connectivity index (χ4v) is 5.29. The van der Waals surface area contributed by atoms with Crippen LogP contribution in [0.3, 0.4) is 0 Å². The van der Waals surface area contributed by atoms with E-state index in [1.165, 1.54) is 4.90 Å². The van der Waals surface area contributed by atoms with E-state index in [2.05, 4.69) is 10.2 Å². The van der Waals surface area contributed by atoms with E-state index in [9.17, 15) is 22.6 Å². The quantitative estimate of drug-likeness (QED) is 0.458. The summed E-state index contributed by atoms with van der Waals surface area (Å²) in [5.41, 5.74) is 1.11. The molecular formula is C19H26N4O7S. The number of ether oxygens (including phenoxy) is 2. The summed E-state index contributed by atoms with van der Waals surface area (Å²) >= 11 is 0. The van der Waals surface area contributed by atoms with Crippen LogP contribution >= 0.6 is 0 Å². The van der Waals surface area contributed by atoms with Gasteiger partial charge in [0.1, 0.15) is 11.8 Å². The molecule has 3 atom stereocenters. The third kappa shape index (κ3) is 4.47. The highest BCUT2D eigenvalue weighted by molar-refractivity contribution is 7.84. The third-order valence-electron chi connectivity index (χ3n) is 5.89. The Labute approximate surface area is 180 Å². The van der Waals surface area contributed by atoms with E-state index < -0.39 is 34.3 Å². The van der Waals surface area contributed by atoms with Crippen molar-refractivity contribution in [2.45, 2.75) is 31.1 Å². The predicted octanol–water partition coefficient (Wildman–Crippen LogP) is -0.306. The smallest absolute Gasteiger partial charge is 0.362 e. The highest BCUT2D eigenvalue weighted by atomic mass is 32.2. The summed E-state index contributed by atoms with van der Waals surface area (Å²) in [5, 5.41) is 2.91. The van der Waals surface area contributed by atoms with Crippen molar-refractivity contribution in [1.82, 2.24) is 19.4 Å². The van der Waals surface area contributed by atoms with Crippen molar-refractivity contribution in [2.24, 2.45) is 0 Å². The zero-order valence-corrected chi connectivity index (χ0v) is 18.0. The molecule has 3 amide bonds. The molecule has 3 aliphatic rings. The van der Waals surface area contributed by atoms with Gasteiger partial charge in [0, 0.05) is 26.2 Å². The Kier molecular flexibility index (Phi) is 6.06. The molecule has 4 rings (SSSR count). The number of carbonyl (C=O) groups excluding carboxylic acids is 2. The first-order valence-electron chi connectivity index (χ1n) is 10.1. The lowest BCUT2D eigenvalue weighted by molar-refractivity contribution is -0.143. The van der Waals surface area contributed by atoms with Crippen LogP contribution in [0.4, 0.5) is 4.79 Å². The Morgan fingerprint density at radius 2 is 2.03 bits per heavy atom. The van der Waals surface area contributed by atoms with E-state index in [0.717, 1.165) is 11.3 Å². The van der Waals surface area contributed by atoms with Crippen LogP contribution in [-0.2, 0) is 26.4 Å². The van der Waals surface area contributed by atoms with Gasteiger partial charge in [-0.1, -0.05) is 12.1 Å². The molecule has 3 fully saturated rings. The zero-order valence-electron chi connectivity index (χ0n) is 17.1. The molecule has 0 unspecified atom stereocenters. The highest BCUT2D eigenvalue weighted by Gasteiger charge is 2.60. The molecule has 0 aromatic heterocycles. The molecule has 11 nitrogen and oxygen atoms in total. The fraction of sp³-hybridized carbons (Fsp3) is 0.579. The number of hydrogen-bond donors (Lipinski definition) is 2. The number of benzene rings is 1. The number of carbonyl (C=O) groups is 2. The van der Waals surface area contributed by atoms with Gasteiger partial charge in [0.15, 0.2) is 0 Å². The number of fused-ring (bicyclic) bond motifs is 1. The first-order valence-corrected chi connectivity index (χ1v) is 11.5. The van der Waals surface area contributed by atoms with Crippen LogP contribution in [0.2, 0.25) is 0 Å². The molecule has 3 aliphatic heterocycles. The number of amides is 3. The molecule has 0 saturated carbocycles. The number of β-lactam (4-membered cyclic amide) rings is 1. The van der Waals surface area contributed by atoms with E-state index >= 15 is 0 Å². The second-order valence-electron chi connectivity index (χ2n) is 7.91. The lowest BCUT2D eigenvalue weighted by atomic mass is 10.0. The Hall–Kier alpha value is -2.41. The molecule has 2 N–H and O–H groups in total. The van der Waals surface area contributed by atoms with E-state index in [1.54, 1.807) is 7.11 Å². The molecule has 1 aromatic rings. The molecule has 0 aliphatic carbocycles. The maximum Gasteiger partial charge on any atom is 0.362 e. The maximum atomic E-state index is 12.8. The van der Waals surface area contributed by atoms with Crippen molar-refractivity contribution in [3.63, 3.8) is 0 Å². The van der Waals surface area contributed by atoms with Crippen LogP contribution in [0.25, 0.3) is 0 Å². The number of urea groups is 1. The van der Waals surface area contributed by atoms with E-state index in [1.807, 2.05) is 24.3 Å². The topological polar surface area (TPSA) is 129 Å². The number of nitrogens with zero attached hydrogens (tertiary/aromatic N) is 3. The van der Waals surface area contributed by atoms with Gasteiger partial charge in [-0.05, 0) is 24.1 Å². The maximum absolute atomic E-state index is 12.8. The summed E-state index contributed by atoms with van der Waals surface area (Å²) in [5.74, 6) is 0.00788. The molecular weight excluding hydrogens is 428 g/mol. The van der Waals surface area contributed by atoms with Crippen molar-refractivity contribution >= 4 is 22.2 Å². The summed E-state index contributed by atoms with van der Waals surface area (Å²) < 4.78 is 43.1. The number of nitrogens with one attached hydrogen (secondary N) is 1. The van der Waals surface area contributed by atoms with Crippen LogP contribution < -0.4 is 10.1 Å². The van der Waals surface area contributed by atoms with Crippen LogP contribution in [0.1, 0.15) is 12.0 Å². The first kappa shape index (κ1) is 21.8. The number of likely N-dealkylation sites (tertiary alicyclic amines) is 1. The Morgan fingerprint density at radius 1 is 1.29 bits per heavy atom. The minimum Gasteiger partial charge on any atom is -0.497 e. The minimum atomic E-state index is -4.60. The molecule has 12 heteroatoms. The minimum absolute atomic E-state index is 0.238. The Balaban J connectivity index is 1.35. The molecule has 1 aromatic carbocycles. The van der Waals surface area contributed by atoms with Crippen molar-refractivity contribution in [3.05, 3.63) is 29.8 Å². The van der Waals surface area contributed by atoms with Gasteiger partial charge in [-0.15, -0.1) is 0 Å². The van der Waals surface area contributed by atoms with Gasteiger partial charge in [-0.2, -0.15) is 8.42 Å². The van der Waals surface area contributed by atoms with E-state index in [0.29, 0.717) is 43.6 Å². The Bertz CT molecular complexity index is 939. The summed E-state index contributed by atoms with van der Waals surface area (Å²) in [6.07, 6.45) is 0.300.